The third-order valence-electron chi connectivity index (χ3n) is 3.50. The topological polar surface area (TPSA) is 29.5 Å². The van der Waals surface area contributed by atoms with Gasteiger partial charge in [0.25, 0.3) is 0 Å². The van der Waals surface area contributed by atoms with Gasteiger partial charge in [0.1, 0.15) is 11.6 Å². The molecule has 1 aromatic rings. The summed E-state index contributed by atoms with van der Waals surface area (Å²) in [6, 6.07) is 4.54. The Hall–Kier alpha value is -1.09. The number of benzene rings is 1. The lowest BCUT2D eigenvalue weighted by molar-refractivity contribution is 0.116. The van der Waals surface area contributed by atoms with Crippen molar-refractivity contribution in [2.45, 2.75) is 38.7 Å². The molecule has 2 atom stereocenters. The Balaban J connectivity index is 1.81. The molecular weight excluding hydrogens is 219 g/mol. The summed E-state index contributed by atoms with van der Waals surface area (Å²) in [5.41, 5.74) is 0.817. The van der Waals surface area contributed by atoms with Crippen molar-refractivity contribution in [1.82, 2.24) is 0 Å². The zero-order valence-corrected chi connectivity index (χ0v) is 10.2. The number of halogens is 1. The molecule has 1 aliphatic rings. The Kier molecular flexibility index (Phi) is 4.00. The highest BCUT2D eigenvalue weighted by Crippen LogP contribution is 2.28. The van der Waals surface area contributed by atoms with Crippen LogP contribution in [-0.4, -0.2) is 17.8 Å². The summed E-state index contributed by atoms with van der Waals surface area (Å²) < 4.78 is 18.5. The smallest absolute Gasteiger partial charge is 0.123 e. The van der Waals surface area contributed by atoms with E-state index < -0.39 is 0 Å². The van der Waals surface area contributed by atoms with Crippen LogP contribution in [0.3, 0.4) is 0 Å². The molecule has 1 N–H and O–H groups in total. The quantitative estimate of drug-likeness (QED) is 0.873. The number of rotatable bonds is 4. The van der Waals surface area contributed by atoms with Gasteiger partial charge in [-0.3, -0.25) is 0 Å². The molecule has 3 heteroatoms. The predicted octanol–water partition coefficient (Wildman–Crippen LogP) is 3.06. The van der Waals surface area contributed by atoms with Gasteiger partial charge in [-0.15, -0.1) is 0 Å². The van der Waals surface area contributed by atoms with Crippen molar-refractivity contribution < 1.29 is 14.2 Å². The Bertz CT molecular complexity index is 378. The highest BCUT2D eigenvalue weighted by atomic mass is 19.1. The van der Waals surface area contributed by atoms with Gasteiger partial charge >= 0.3 is 0 Å². The molecule has 1 aromatic carbocycles. The van der Waals surface area contributed by atoms with Gasteiger partial charge in [0.2, 0.25) is 0 Å². The second-order valence-corrected chi connectivity index (χ2v) is 4.81. The molecule has 1 saturated carbocycles. The zero-order chi connectivity index (χ0) is 12.3. The molecule has 2 nitrogen and oxygen atoms in total. The Morgan fingerprint density at radius 2 is 2.24 bits per heavy atom. The van der Waals surface area contributed by atoms with E-state index in [0.29, 0.717) is 12.5 Å². The van der Waals surface area contributed by atoms with Crippen LogP contribution in [0.25, 0.3) is 0 Å². The van der Waals surface area contributed by atoms with Crippen LogP contribution in [0.1, 0.15) is 31.2 Å². The molecule has 0 aliphatic heterocycles. The van der Waals surface area contributed by atoms with Crippen LogP contribution in [0.5, 0.6) is 5.75 Å². The second kappa shape index (κ2) is 5.50. The minimum absolute atomic E-state index is 0.159. The van der Waals surface area contributed by atoms with Gasteiger partial charge in [0.05, 0.1) is 12.7 Å². The van der Waals surface area contributed by atoms with Crippen molar-refractivity contribution in [1.29, 1.82) is 0 Å². The fraction of sp³-hybridized carbons (Fsp3) is 0.571. The Morgan fingerprint density at radius 3 is 2.88 bits per heavy atom. The second-order valence-electron chi connectivity index (χ2n) is 4.81. The standard InChI is InChI=1S/C14H19FO2/c1-10-9-12(15)5-6-14(10)17-8-7-11-3-2-4-13(11)16/h5-6,9,11,13,16H,2-4,7-8H2,1H3. The molecule has 0 amide bonds. The van der Waals surface area contributed by atoms with Gasteiger partial charge in [-0.05, 0) is 55.9 Å². The van der Waals surface area contributed by atoms with Crippen molar-refractivity contribution >= 4 is 0 Å². The first-order chi connectivity index (χ1) is 8.16. The van der Waals surface area contributed by atoms with Crippen LogP contribution in [0.2, 0.25) is 0 Å². The average Bonchev–Trinajstić information content (AvgIpc) is 2.68. The fourth-order valence-electron chi connectivity index (χ4n) is 2.45. The summed E-state index contributed by atoms with van der Waals surface area (Å²) in [6.45, 7) is 2.43. The number of hydrogen-bond donors (Lipinski definition) is 1. The van der Waals surface area contributed by atoms with Crippen LogP contribution < -0.4 is 4.74 Å². The SMILES string of the molecule is Cc1cc(F)ccc1OCCC1CCCC1O. The highest BCUT2D eigenvalue weighted by Gasteiger charge is 2.24. The van der Waals surface area contributed by atoms with Crippen LogP contribution in [0, 0.1) is 18.7 Å². The lowest BCUT2D eigenvalue weighted by Gasteiger charge is -2.15. The highest BCUT2D eigenvalue weighted by molar-refractivity contribution is 5.32. The molecule has 0 spiro atoms. The average molecular weight is 238 g/mol. The molecule has 1 fully saturated rings. The van der Waals surface area contributed by atoms with Crippen molar-refractivity contribution in [3.05, 3.63) is 29.6 Å². The largest absolute Gasteiger partial charge is 0.493 e. The van der Waals surface area contributed by atoms with Crippen LogP contribution in [0.4, 0.5) is 4.39 Å². The molecule has 17 heavy (non-hydrogen) atoms. The summed E-state index contributed by atoms with van der Waals surface area (Å²) in [4.78, 5) is 0. The van der Waals surface area contributed by atoms with Gasteiger partial charge in [-0.2, -0.15) is 0 Å². The minimum Gasteiger partial charge on any atom is -0.493 e. The summed E-state index contributed by atoms with van der Waals surface area (Å²) in [6.07, 6.45) is 3.83. The van der Waals surface area contributed by atoms with Crippen LogP contribution in [0.15, 0.2) is 18.2 Å². The minimum atomic E-state index is -0.235. The number of ether oxygens (including phenoxy) is 1. The van der Waals surface area contributed by atoms with E-state index in [2.05, 4.69) is 0 Å². The van der Waals surface area contributed by atoms with Crippen molar-refractivity contribution in [3.8, 4) is 5.75 Å². The molecule has 2 unspecified atom stereocenters. The van der Waals surface area contributed by atoms with Crippen molar-refractivity contribution in [2.75, 3.05) is 6.61 Å². The molecule has 0 bridgehead atoms. The third-order valence-corrected chi connectivity index (χ3v) is 3.50. The van der Waals surface area contributed by atoms with Crippen molar-refractivity contribution in [2.24, 2.45) is 5.92 Å². The molecule has 2 rings (SSSR count). The van der Waals surface area contributed by atoms with Crippen LogP contribution >= 0.6 is 0 Å². The number of hydrogen-bond acceptors (Lipinski definition) is 2. The van der Waals surface area contributed by atoms with Gasteiger partial charge in [0, 0.05) is 0 Å². The first-order valence-corrected chi connectivity index (χ1v) is 6.24. The monoisotopic (exact) mass is 238 g/mol. The van der Waals surface area contributed by atoms with E-state index in [1.54, 1.807) is 6.07 Å². The number of aliphatic hydroxyl groups excluding tert-OH is 1. The fourth-order valence-corrected chi connectivity index (χ4v) is 2.45. The molecule has 0 heterocycles. The summed E-state index contributed by atoms with van der Waals surface area (Å²) >= 11 is 0. The van der Waals surface area contributed by atoms with Gasteiger partial charge in [0.15, 0.2) is 0 Å². The van der Waals surface area contributed by atoms with Crippen molar-refractivity contribution in [3.63, 3.8) is 0 Å². The van der Waals surface area contributed by atoms with E-state index in [9.17, 15) is 9.50 Å². The molecule has 1 aliphatic carbocycles. The van der Waals surface area contributed by atoms with E-state index in [-0.39, 0.29) is 11.9 Å². The summed E-state index contributed by atoms with van der Waals surface area (Å²) in [5, 5.41) is 9.67. The molecule has 94 valence electrons. The van der Waals surface area contributed by atoms with E-state index in [1.807, 2.05) is 6.92 Å². The molecule has 0 radical (unpaired) electrons. The van der Waals surface area contributed by atoms with Gasteiger partial charge < -0.3 is 9.84 Å². The number of aliphatic hydroxyl groups is 1. The Labute approximate surface area is 101 Å². The lowest BCUT2D eigenvalue weighted by Crippen LogP contribution is -2.16. The zero-order valence-electron chi connectivity index (χ0n) is 10.2. The normalized spacial score (nSPS) is 23.9. The maximum absolute atomic E-state index is 12.9. The van der Waals surface area contributed by atoms with E-state index >= 15 is 0 Å². The molecular formula is C14H19FO2. The predicted molar refractivity (Wildman–Crippen MR) is 64.6 cm³/mol. The first kappa shape index (κ1) is 12.4. The van der Waals surface area contributed by atoms with E-state index in [0.717, 1.165) is 37.0 Å². The maximum atomic E-state index is 12.9. The summed E-state index contributed by atoms with van der Waals surface area (Å²) in [7, 11) is 0. The third kappa shape index (κ3) is 3.19. The van der Waals surface area contributed by atoms with E-state index in [4.69, 9.17) is 4.74 Å². The summed E-state index contributed by atoms with van der Waals surface area (Å²) in [5.74, 6) is 0.871. The van der Waals surface area contributed by atoms with Gasteiger partial charge in [-0.1, -0.05) is 6.42 Å². The van der Waals surface area contributed by atoms with Gasteiger partial charge in [-0.25, -0.2) is 4.39 Å². The maximum Gasteiger partial charge on any atom is 0.123 e. The van der Waals surface area contributed by atoms with Crippen LogP contribution in [-0.2, 0) is 0 Å². The number of aryl methyl sites for hydroxylation is 1. The Morgan fingerprint density at radius 1 is 1.41 bits per heavy atom. The molecule has 0 saturated heterocycles. The first-order valence-electron chi connectivity index (χ1n) is 6.24. The molecule has 0 aromatic heterocycles. The van der Waals surface area contributed by atoms with E-state index in [1.165, 1.54) is 12.1 Å². The lowest BCUT2D eigenvalue weighted by atomic mass is 10.0.